The van der Waals surface area contributed by atoms with Crippen molar-refractivity contribution in [1.29, 1.82) is 0 Å². The molecule has 1 fully saturated rings. The summed E-state index contributed by atoms with van der Waals surface area (Å²) in [6.45, 7) is 3.07. The van der Waals surface area contributed by atoms with Crippen molar-refractivity contribution in [2.45, 2.75) is 37.6 Å². The minimum atomic E-state index is -3.38. The molecular weight excluding hydrogens is 260 g/mol. The molecule has 0 radical (unpaired) electrons. The van der Waals surface area contributed by atoms with Crippen LogP contribution >= 0.6 is 0 Å². The van der Waals surface area contributed by atoms with Crippen LogP contribution in [0.4, 0.5) is 0 Å². The molecule has 1 aromatic carbocycles. The van der Waals surface area contributed by atoms with Gasteiger partial charge in [0.15, 0.2) is 0 Å². The lowest BCUT2D eigenvalue weighted by atomic mass is 9.86. The van der Waals surface area contributed by atoms with Crippen molar-refractivity contribution in [3.8, 4) is 0 Å². The van der Waals surface area contributed by atoms with E-state index in [0.29, 0.717) is 23.9 Å². The third-order valence-electron chi connectivity index (χ3n) is 3.71. The molecule has 19 heavy (non-hydrogen) atoms. The summed E-state index contributed by atoms with van der Waals surface area (Å²) in [4.78, 5) is 0.402. The lowest BCUT2D eigenvalue weighted by Crippen LogP contribution is -2.32. The Labute approximate surface area is 115 Å². The molecule has 1 aliphatic carbocycles. The Balaban J connectivity index is 2.15. The summed E-state index contributed by atoms with van der Waals surface area (Å²) in [6.07, 6.45) is 3.51. The fraction of sp³-hybridized carbons (Fsp3) is 0.571. The molecule has 0 bridgehead atoms. The van der Waals surface area contributed by atoms with E-state index in [1.807, 2.05) is 26.1 Å². The van der Waals surface area contributed by atoms with Crippen LogP contribution in [0.5, 0.6) is 0 Å². The lowest BCUT2D eigenvalue weighted by Gasteiger charge is -2.25. The summed E-state index contributed by atoms with van der Waals surface area (Å²) in [7, 11) is -1.53. The molecule has 1 aromatic rings. The number of hydrogen-bond donors (Lipinski definition) is 2. The van der Waals surface area contributed by atoms with Gasteiger partial charge in [-0.2, -0.15) is 0 Å². The van der Waals surface area contributed by atoms with Crippen molar-refractivity contribution in [3.63, 3.8) is 0 Å². The van der Waals surface area contributed by atoms with Gasteiger partial charge in [-0.1, -0.05) is 18.6 Å². The van der Waals surface area contributed by atoms with Crippen LogP contribution in [0.1, 0.15) is 30.4 Å². The van der Waals surface area contributed by atoms with E-state index in [1.54, 1.807) is 6.07 Å². The average molecular weight is 282 g/mol. The van der Waals surface area contributed by atoms with E-state index in [0.717, 1.165) is 24.0 Å². The molecule has 0 saturated heterocycles. The summed E-state index contributed by atoms with van der Waals surface area (Å²) in [5.74, 6) is 0.524. The van der Waals surface area contributed by atoms with E-state index in [-0.39, 0.29) is 0 Å². The fourth-order valence-electron chi connectivity index (χ4n) is 2.25. The van der Waals surface area contributed by atoms with Crippen molar-refractivity contribution in [2.75, 3.05) is 13.6 Å². The Kier molecular flexibility index (Phi) is 4.60. The van der Waals surface area contributed by atoms with Crippen molar-refractivity contribution >= 4 is 10.0 Å². The van der Waals surface area contributed by atoms with E-state index < -0.39 is 10.0 Å². The standard InChI is InChI=1S/C14H22N2O2S/c1-11-6-7-13(9-15-2)8-14(11)19(17,18)16-10-12-4-3-5-12/h6-8,12,15-16H,3-5,9-10H2,1-2H3. The van der Waals surface area contributed by atoms with Gasteiger partial charge >= 0.3 is 0 Å². The number of sulfonamides is 1. The van der Waals surface area contributed by atoms with Crippen molar-refractivity contribution in [3.05, 3.63) is 29.3 Å². The molecular formula is C14H22N2O2S. The normalized spacial score (nSPS) is 16.3. The SMILES string of the molecule is CNCc1ccc(C)c(S(=O)(=O)NCC2CCC2)c1. The van der Waals surface area contributed by atoms with Crippen LogP contribution in [0, 0.1) is 12.8 Å². The largest absolute Gasteiger partial charge is 0.316 e. The smallest absolute Gasteiger partial charge is 0.240 e. The Morgan fingerprint density at radius 2 is 2.05 bits per heavy atom. The van der Waals surface area contributed by atoms with Gasteiger partial charge in [-0.25, -0.2) is 13.1 Å². The third kappa shape index (κ3) is 3.55. The maximum atomic E-state index is 12.3. The van der Waals surface area contributed by atoms with Crippen LogP contribution in [0.3, 0.4) is 0 Å². The molecule has 5 heteroatoms. The molecule has 2 rings (SSSR count). The van der Waals surface area contributed by atoms with E-state index in [1.165, 1.54) is 6.42 Å². The van der Waals surface area contributed by atoms with E-state index in [2.05, 4.69) is 10.0 Å². The van der Waals surface area contributed by atoms with Gasteiger partial charge in [0, 0.05) is 13.1 Å². The Bertz CT molecular complexity index is 536. The first kappa shape index (κ1) is 14.5. The monoisotopic (exact) mass is 282 g/mol. The number of benzene rings is 1. The first-order chi connectivity index (χ1) is 9.03. The van der Waals surface area contributed by atoms with Gasteiger partial charge in [0.1, 0.15) is 0 Å². The summed E-state index contributed by atoms with van der Waals surface area (Å²) < 4.78 is 27.4. The van der Waals surface area contributed by atoms with Gasteiger partial charge in [-0.15, -0.1) is 0 Å². The average Bonchev–Trinajstić information content (AvgIpc) is 2.29. The second kappa shape index (κ2) is 6.03. The predicted octanol–water partition coefficient (Wildman–Crippen LogP) is 1.79. The second-order valence-electron chi connectivity index (χ2n) is 5.28. The zero-order valence-corrected chi connectivity index (χ0v) is 12.4. The third-order valence-corrected chi connectivity index (χ3v) is 5.28. The van der Waals surface area contributed by atoms with Crippen LogP contribution in [0.25, 0.3) is 0 Å². The van der Waals surface area contributed by atoms with E-state index in [9.17, 15) is 8.42 Å². The first-order valence-corrected chi connectivity index (χ1v) is 8.25. The number of aryl methyl sites for hydroxylation is 1. The Hall–Kier alpha value is -0.910. The first-order valence-electron chi connectivity index (χ1n) is 6.77. The van der Waals surface area contributed by atoms with Gasteiger partial charge in [-0.3, -0.25) is 0 Å². The van der Waals surface area contributed by atoms with Crippen molar-refractivity contribution < 1.29 is 8.42 Å². The van der Waals surface area contributed by atoms with Crippen molar-refractivity contribution in [2.24, 2.45) is 5.92 Å². The van der Waals surface area contributed by atoms with Gasteiger partial charge in [-0.05, 0) is 49.9 Å². The highest BCUT2D eigenvalue weighted by Crippen LogP contribution is 2.26. The van der Waals surface area contributed by atoms with Crippen LogP contribution in [0.15, 0.2) is 23.1 Å². The molecule has 0 spiro atoms. The van der Waals surface area contributed by atoms with E-state index in [4.69, 9.17) is 0 Å². The molecule has 0 amide bonds. The fourth-order valence-corrected chi connectivity index (χ4v) is 3.66. The molecule has 4 nitrogen and oxygen atoms in total. The highest BCUT2D eigenvalue weighted by molar-refractivity contribution is 7.89. The zero-order valence-electron chi connectivity index (χ0n) is 11.6. The highest BCUT2D eigenvalue weighted by atomic mass is 32.2. The lowest BCUT2D eigenvalue weighted by molar-refractivity contribution is 0.316. The Morgan fingerprint density at radius 1 is 1.32 bits per heavy atom. The minimum Gasteiger partial charge on any atom is -0.316 e. The summed E-state index contributed by atoms with van der Waals surface area (Å²) >= 11 is 0. The molecule has 106 valence electrons. The number of hydrogen-bond acceptors (Lipinski definition) is 3. The topological polar surface area (TPSA) is 58.2 Å². The number of rotatable bonds is 6. The quantitative estimate of drug-likeness (QED) is 0.836. The molecule has 2 N–H and O–H groups in total. The van der Waals surface area contributed by atoms with Gasteiger partial charge in [0.25, 0.3) is 0 Å². The predicted molar refractivity (Wildman–Crippen MR) is 76.5 cm³/mol. The molecule has 0 unspecified atom stereocenters. The summed E-state index contributed by atoms with van der Waals surface area (Å²) in [5.41, 5.74) is 1.78. The summed E-state index contributed by atoms with van der Waals surface area (Å²) in [5, 5.41) is 3.04. The zero-order chi connectivity index (χ0) is 13.9. The maximum absolute atomic E-state index is 12.3. The van der Waals surface area contributed by atoms with Crippen LogP contribution < -0.4 is 10.0 Å². The highest BCUT2D eigenvalue weighted by Gasteiger charge is 2.22. The van der Waals surface area contributed by atoms with E-state index >= 15 is 0 Å². The van der Waals surface area contributed by atoms with Crippen molar-refractivity contribution in [1.82, 2.24) is 10.0 Å². The summed E-state index contributed by atoms with van der Waals surface area (Å²) in [6, 6.07) is 5.58. The molecule has 1 saturated carbocycles. The molecule has 1 aliphatic rings. The van der Waals surface area contributed by atoms with Gasteiger partial charge in [0.2, 0.25) is 10.0 Å². The number of nitrogens with one attached hydrogen (secondary N) is 2. The van der Waals surface area contributed by atoms with Gasteiger partial charge < -0.3 is 5.32 Å². The Morgan fingerprint density at radius 3 is 2.63 bits per heavy atom. The molecule has 0 aliphatic heterocycles. The van der Waals surface area contributed by atoms with Crippen LogP contribution in [-0.4, -0.2) is 22.0 Å². The second-order valence-corrected chi connectivity index (χ2v) is 7.01. The molecule has 0 atom stereocenters. The maximum Gasteiger partial charge on any atom is 0.240 e. The van der Waals surface area contributed by atoms with Crippen LogP contribution in [0.2, 0.25) is 0 Å². The molecule has 0 heterocycles. The minimum absolute atomic E-state index is 0.402. The van der Waals surface area contributed by atoms with Gasteiger partial charge in [0.05, 0.1) is 4.90 Å². The molecule has 0 aromatic heterocycles. The van der Waals surface area contributed by atoms with Crippen LogP contribution in [-0.2, 0) is 16.6 Å².